The second kappa shape index (κ2) is 4.98. The van der Waals surface area contributed by atoms with Crippen molar-refractivity contribution in [1.82, 2.24) is 4.98 Å². The second-order valence-corrected chi connectivity index (χ2v) is 5.73. The van der Waals surface area contributed by atoms with E-state index in [1.807, 2.05) is 12.3 Å². The number of halogens is 1. The minimum Gasteiger partial charge on any atom is -0.261 e. The number of aromatic nitrogens is 1. The Morgan fingerprint density at radius 3 is 2.75 bits per heavy atom. The van der Waals surface area contributed by atoms with Crippen LogP contribution in [-0.2, 0) is 6.42 Å². The number of thiophene rings is 1. The van der Waals surface area contributed by atoms with E-state index >= 15 is 0 Å². The summed E-state index contributed by atoms with van der Waals surface area (Å²) < 4.78 is 0. The molecule has 0 aliphatic carbocycles. The Labute approximate surface area is 105 Å². The van der Waals surface area contributed by atoms with Gasteiger partial charge in [0, 0.05) is 28.1 Å². The van der Waals surface area contributed by atoms with E-state index in [2.05, 4.69) is 37.0 Å². The Morgan fingerprint density at radius 1 is 1.31 bits per heavy atom. The summed E-state index contributed by atoms with van der Waals surface area (Å²) in [6.07, 6.45) is 2.62. The first kappa shape index (κ1) is 11.6. The predicted octanol–water partition coefficient (Wildman–Crippen LogP) is 4.28. The van der Waals surface area contributed by atoms with Crippen LogP contribution >= 0.6 is 22.9 Å². The number of hydrogen-bond acceptors (Lipinski definition) is 2. The number of nitrogens with zero attached hydrogens (tertiary/aromatic N) is 1. The van der Waals surface area contributed by atoms with Crippen LogP contribution < -0.4 is 0 Å². The molecule has 0 radical (unpaired) electrons. The molecule has 0 N–H and O–H groups in total. The van der Waals surface area contributed by atoms with Gasteiger partial charge in [0.2, 0.25) is 0 Å². The molecule has 0 amide bonds. The molecule has 0 spiro atoms. The molecule has 2 heterocycles. The topological polar surface area (TPSA) is 12.9 Å². The largest absolute Gasteiger partial charge is 0.261 e. The third kappa shape index (κ3) is 2.63. The lowest BCUT2D eigenvalue weighted by Gasteiger charge is -2.08. The molecule has 1 atom stereocenters. The lowest BCUT2D eigenvalue weighted by molar-refractivity contribution is 0.884. The highest BCUT2D eigenvalue weighted by Crippen LogP contribution is 2.30. The van der Waals surface area contributed by atoms with Gasteiger partial charge in [-0.3, -0.25) is 4.98 Å². The van der Waals surface area contributed by atoms with Crippen molar-refractivity contribution in [1.29, 1.82) is 0 Å². The normalized spacial score (nSPS) is 12.7. The molecule has 0 saturated carbocycles. The Kier molecular flexibility index (Phi) is 3.62. The van der Waals surface area contributed by atoms with Gasteiger partial charge in [0.05, 0.1) is 5.38 Å². The Balaban J connectivity index is 2.13. The minimum atomic E-state index is 0.0345. The molecule has 2 aromatic rings. The molecule has 1 unspecified atom stereocenters. The van der Waals surface area contributed by atoms with Crippen molar-refractivity contribution in [2.45, 2.75) is 25.6 Å². The maximum Gasteiger partial charge on any atom is 0.0734 e. The SMILES string of the molecule is Cc1ccc(C(Cl)Cc2ncccc2C)s1. The number of hydrogen-bond donors (Lipinski definition) is 0. The molecular weight excluding hydrogens is 238 g/mol. The van der Waals surface area contributed by atoms with Crippen LogP contribution in [0, 0.1) is 13.8 Å². The van der Waals surface area contributed by atoms with Gasteiger partial charge < -0.3 is 0 Å². The van der Waals surface area contributed by atoms with Crippen LogP contribution in [0.3, 0.4) is 0 Å². The molecular formula is C13H14ClNS. The Hall–Kier alpha value is -0.860. The predicted molar refractivity (Wildman–Crippen MR) is 70.3 cm³/mol. The van der Waals surface area contributed by atoms with E-state index in [-0.39, 0.29) is 5.38 Å². The zero-order chi connectivity index (χ0) is 11.5. The molecule has 0 bridgehead atoms. The summed E-state index contributed by atoms with van der Waals surface area (Å²) in [5.74, 6) is 0. The van der Waals surface area contributed by atoms with E-state index in [0.717, 1.165) is 12.1 Å². The Morgan fingerprint density at radius 2 is 2.12 bits per heavy atom. The molecule has 2 rings (SSSR count). The molecule has 16 heavy (non-hydrogen) atoms. The quantitative estimate of drug-likeness (QED) is 0.742. The zero-order valence-electron chi connectivity index (χ0n) is 9.40. The first-order valence-corrected chi connectivity index (χ1v) is 6.53. The minimum absolute atomic E-state index is 0.0345. The molecule has 0 aliphatic rings. The number of pyridine rings is 1. The van der Waals surface area contributed by atoms with Gasteiger partial charge in [-0.15, -0.1) is 22.9 Å². The van der Waals surface area contributed by atoms with Crippen LogP contribution in [0.15, 0.2) is 30.5 Å². The van der Waals surface area contributed by atoms with Crippen LogP contribution in [0.4, 0.5) is 0 Å². The summed E-state index contributed by atoms with van der Waals surface area (Å²) in [5, 5.41) is 0.0345. The maximum absolute atomic E-state index is 6.40. The Bertz CT molecular complexity index is 478. The van der Waals surface area contributed by atoms with E-state index in [1.165, 1.54) is 15.3 Å². The molecule has 0 fully saturated rings. The van der Waals surface area contributed by atoms with Crippen LogP contribution in [-0.4, -0.2) is 4.98 Å². The highest BCUT2D eigenvalue weighted by atomic mass is 35.5. The van der Waals surface area contributed by atoms with E-state index in [9.17, 15) is 0 Å². The van der Waals surface area contributed by atoms with Gasteiger partial charge in [-0.05, 0) is 37.6 Å². The van der Waals surface area contributed by atoms with Crippen molar-refractivity contribution in [3.63, 3.8) is 0 Å². The van der Waals surface area contributed by atoms with Crippen molar-refractivity contribution in [2.75, 3.05) is 0 Å². The highest BCUT2D eigenvalue weighted by molar-refractivity contribution is 7.12. The standard InChI is InChI=1S/C13H14ClNS/c1-9-4-3-7-15-12(9)8-11(14)13-6-5-10(2)16-13/h3-7,11H,8H2,1-2H3. The summed E-state index contributed by atoms with van der Waals surface area (Å²) in [6.45, 7) is 4.18. The van der Waals surface area contributed by atoms with Gasteiger partial charge in [-0.1, -0.05) is 6.07 Å². The smallest absolute Gasteiger partial charge is 0.0734 e. The van der Waals surface area contributed by atoms with Gasteiger partial charge >= 0.3 is 0 Å². The molecule has 2 aromatic heterocycles. The summed E-state index contributed by atoms with van der Waals surface area (Å²) in [5.41, 5.74) is 2.30. The fourth-order valence-electron chi connectivity index (χ4n) is 1.62. The van der Waals surface area contributed by atoms with Gasteiger partial charge in [-0.2, -0.15) is 0 Å². The van der Waals surface area contributed by atoms with E-state index < -0.39 is 0 Å². The monoisotopic (exact) mass is 251 g/mol. The third-order valence-electron chi connectivity index (χ3n) is 2.56. The fourth-order valence-corrected chi connectivity index (χ4v) is 2.83. The molecule has 1 nitrogen and oxygen atoms in total. The molecule has 0 aliphatic heterocycles. The first-order chi connectivity index (χ1) is 7.66. The van der Waals surface area contributed by atoms with Crippen LogP contribution in [0.2, 0.25) is 0 Å². The third-order valence-corrected chi connectivity index (χ3v) is 4.19. The summed E-state index contributed by atoms with van der Waals surface area (Å²) in [7, 11) is 0. The molecule has 0 saturated heterocycles. The average Bonchev–Trinajstić information content (AvgIpc) is 2.68. The summed E-state index contributed by atoms with van der Waals surface area (Å²) >= 11 is 8.16. The lowest BCUT2D eigenvalue weighted by Crippen LogP contribution is -1.98. The van der Waals surface area contributed by atoms with E-state index in [0.29, 0.717) is 0 Å². The van der Waals surface area contributed by atoms with E-state index in [4.69, 9.17) is 11.6 Å². The van der Waals surface area contributed by atoms with Gasteiger partial charge in [-0.25, -0.2) is 0 Å². The number of aryl methyl sites for hydroxylation is 2. The van der Waals surface area contributed by atoms with Crippen molar-refractivity contribution in [3.8, 4) is 0 Å². The van der Waals surface area contributed by atoms with Crippen LogP contribution in [0.25, 0.3) is 0 Å². The van der Waals surface area contributed by atoms with Crippen molar-refractivity contribution < 1.29 is 0 Å². The van der Waals surface area contributed by atoms with E-state index in [1.54, 1.807) is 11.3 Å². The summed E-state index contributed by atoms with van der Waals surface area (Å²) in [6, 6.07) is 8.25. The zero-order valence-corrected chi connectivity index (χ0v) is 11.0. The lowest BCUT2D eigenvalue weighted by atomic mass is 10.1. The second-order valence-electron chi connectivity index (χ2n) is 3.89. The first-order valence-electron chi connectivity index (χ1n) is 5.27. The number of alkyl halides is 1. The van der Waals surface area contributed by atoms with Crippen molar-refractivity contribution >= 4 is 22.9 Å². The summed E-state index contributed by atoms with van der Waals surface area (Å²) in [4.78, 5) is 6.90. The fraction of sp³-hybridized carbons (Fsp3) is 0.308. The van der Waals surface area contributed by atoms with Crippen LogP contribution in [0.1, 0.15) is 26.4 Å². The average molecular weight is 252 g/mol. The molecule has 3 heteroatoms. The van der Waals surface area contributed by atoms with Gasteiger partial charge in [0.1, 0.15) is 0 Å². The van der Waals surface area contributed by atoms with Crippen molar-refractivity contribution in [2.24, 2.45) is 0 Å². The molecule has 84 valence electrons. The molecule has 0 aromatic carbocycles. The van der Waals surface area contributed by atoms with Crippen molar-refractivity contribution in [3.05, 3.63) is 51.5 Å². The maximum atomic E-state index is 6.40. The van der Waals surface area contributed by atoms with Gasteiger partial charge in [0.15, 0.2) is 0 Å². The highest BCUT2D eigenvalue weighted by Gasteiger charge is 2.12. The number of rotatable bonds is 3. The van der Waals surface area contributed by atoms with Crippen LogP contribution in [0.5, 0.6) is 0 Å². The van der Waals surface area contributed by atoms with Gasteiger partial charge in [0.25, 0.3) is 0 Å².